The van der Waals surface area contributed by atoms with Crippen LogP contribution in [-0.4, -0.2) is 51.8 Å². The predicted octanol–water partition coefficient (Wildman–Crippen LogP) is 2.32. The molecule has 1 amide bonds. The van der Waals surface area contributed by atoms with Gasteiger partial charge in [-0.1, -0.05) is 36.4 Å². The number of carbonyl (C=O) groups is 1. The normalized spacial score (nSPS) is 17.3. The van der Waals surface area contributed by atoms with Crippen molar-refractivity contribution in [1.82, 2.24) is 25.0 Å². The van der Waals surface area contributed by atoms with Crippen LogP contribution in [0.15, 0.2) is 42.5 Å². The molecule has 3 aromatic rings. The highest BCUT2D eigenvalue weighted by molar-refractivity contribution is 5.88. The zero-order valence-electron chi connectivity index (χ0n) is 16.4. The van der Waals surface area contributed by atoms with E-state index in [0.29, 0.717) is 5.92 Å². The van der Waals surface area contributed by atoms with Crippen molar-refractivity contribution in [2.24, 2.45) is 0 Å². The first-order valence-corrected chi connectivity index (χ1v) is 10.3. The molecular weight excluding hydrogens is 366 g/mol. The first-order chi connectivity index (χ1) is 14.3. The molecule has 0 radical (unpaired) electrons. The van der Waals surface area contributed by atoms with Crippen LogP contribution in [0, 0.1) is 0 Å². The third kappa shape index (κ3) is 3.58. The summed E-state index contributed by atoms with van der Waals surface area (Å²) in [6.45, 7) is 4.22. The van der Waals surface area contributed by atoms with Gasteiger partial charge in [-0.15, -0.1) is 10.2 Å². The van der Waals surface area contributed by atoms with Crippen LogP contribution in [0.2, 0.25) is 0 Å². The van der Waals surface area contributed by atoms with Crippen molar-refractivity contribution in [2.75, 3.05) is 26.2 Å². The number of fused-ring (bicyclic) bond motifs is 2. The van der Waals surface area contributed by atoms with Crippen molar-refractivity contribution in [3.05, 3.63) is 54.1 Å². The fourth-order valence-corrected chi connectivity index (χ4v) is 4.36. The zero-order valence-corrected chi connectivity index (χ0v) is 16.4. The number of nitrogens with one attached hydrogen (secondary N) is 1. The van der Waals surface area contributed by atoms with Crippen LogP contribution < -0.4 is 10.1 Å². The number of rotatable bonds is 4. The van der Waals surface area contributed by atoms with Gasteiger partial charge >= 0.3 is 0 Å². The van der Waals surface area contributed by atoms with Crippen LogP contribution in [0.4, 0.5) is 0 Å². The largest absolute Gasteiger partial charge is 0.483 e. The van der Waals surface area contributed by atoms with Crippen LogP contribution >= 0.6 is 0 Å². The number of hydrogen-bond donors (Lipinski definition) is 1. The maximum Gasteiger partial charge on any atom is 0.260 e. The van der Waals surface area contributed by atoms with E-state index < -0.39 is 0 Å². The summed E-state index contributed by atoms with van der Waals surface area (Å²) in [5, 5.41) is 14.2. The Morgan fingerprint density at radius 3 is 2.79 bits per heavy atom. The van der Waals surface area contributed by atoms with Gasteiger partial charge < -0.3 is 19.5 Å². The molecule has 29 heavy (non-hydrogen) atoms. The summed E-state index contributed by atoms with van der Waals surface area (Å²) in [4.78, 5) is 14.6. The smallest absolute Gasteiger partial charge is 0.260 e. The van der Waals surface area contributed by atoms with E-state index in [1.807, 2.05) is 47.4 Å². The van der Waals surface area contributed by atoms with Gasteiger partial charge in [0.2, 0.25) is 0 Å². The van der Waals surface area contributed by atoms with E-state index in [2.05, 4.69) is 20.1 Å². The second-order valence-corrected chi connectivity index (χ2v) is 7.72. The second-order valence-electron chi connectivity index (χ2n) is 7.72. The molecule has 0 atom stereocenters. The summed E-state index contributed by atoms with van der Waals surface area (Å²) in [5.74, 6) is 3.28. The van der Waals surface area contributed by atoms with Crippen LogP contribution in [-0.2, 0) is 17.9 Å². The van der Waals surface area contributed by atoms with E-state index in [-0.39, 0.29) is 12.5 Å². The lowest BCUT2D eigenvalue weighted by atomic mass is 9.95. The maximum absolute atomic E-state index is 12.7. The van der Waals surface area contributed by atoms with E-state index in [1.165, 1.54) is 0 Å². The first kappa shape index (κ1) is 18.1. The molecule has 0 unspecified atom stereocenters. The Morgan fingerprint density at radius 1 is 1.07 bits per heavy atom. The molecule has 3 heterocycles. The third-order valence-electron chi connectivity index (χ3n) is 5.96. The number of piperidine rings is 1. The molecule has 0 bridgehead atoms. The van der Waals surface area contributed by atoms with Crippen LogP contribution in [0.5, 0.6) is 5.75 Å². The van der Waals surface area contributed by atoms with Gasteiger partial charge in [0.1, 0.15) is 17.4 Å². The molecule has 150 valence electrons. The monoisotopic (exact) mass is 391 g/mol. The summed E-state index contributed by atoms with van der Waals surface area (Å²) >= 11 is 0. The van der Waals surface area contributed by atoms with E-state index >= 15 is 0 Å². The first-order valence-electron chi connectivity index (χ1n) is 10.3. The fourth-order valence-electron chi connectivity index (χ4n) is 4.36. The summed E-state index contributed by atoms with van der Waals surface area (Å²) in [5.41, 5.74) is 0. The highest BCUT2D eigenvalue weighted by Crippen LogP contribution is 2.28. The van der Waals surface area contributed by atoms with Crippen molar-refractivity contribution in [1.29, 1.82) is 0 Å². The van der Waals surface area contributed by atoms with Gasteiger partial charge in [0.05, 0.1) is 6.54 Å². The van der Waals surface area contributed by atoms with Crippen molar-refractivity contribution in [3.63, 3.8) is 0 Å². The molecule has 0 spiro atoms. The molecule has 1 fully saturated rings. The Morgan fingerprint density at radius 2 is 1.90 bits per heavy atom. The number of likely N-dealkylation sites (tertiary alicyclic amines) is 1. The van der Waals surface area contributed by atoms with Crippen LogP contribution in [0.1, 0.15) is 30.4 Å². The van der Waals surface area contributed by atoms with Gasteiger partial charge in [-0.25, -0.2) is 0 Å². The highest BCUT2D eigenvalue weighted by atomic mass is 16.5. The molecule has 2 aliphatic rings. The summed E-state index contributed by atoms with van der Waals surface area (Å²) in [6, 6.07) is 14.0. The van der Waals surface area contributed by atoms with Crippen LogP contribution in [0.25, 0.3) is 10.8 Å². The van der Waals surface area contributed by atoms with E-state index in [0.717, 1.165) is 73.7 Å². The van der Waals surface area contributed by atoms with Gasteiger partial charge in [0.25, 0.3) is 5.91 Å². The molecule has 1 N–H and O–H groups in total. The molecule has 0 saturated carbocycles. The topological polar surface area (TPSA) is 72.3 Å². The predicted molar refractivity (Wildman–Crippen MR) is 110 cm³/mol. The maximum atomic E-state index is 12.7. The standard InChI is InChI=1S/C22H25N5O2/c28-21(15-29-19-7-3-5-16-4-1-2-6-18(16)19)26-11-8-17(9-12-26)22-25-24-20-14-23-10-13-27(20)22/h1-7,17,23H,8-15H2. The van der Waals surface area contributed by atoms with Crippen molar-refractivity contribution in [3.8, 4) is 5.75 Å². The average molecular weight is 391 g/mol. The Kier molecular flexibility index (Phi) is 4.89. The number of hydrogen-bond acceptors (Lipinski definition) is 5. The number of benzene rings is 2. The molecule has 5 rings (SSSR count). The quantitative estimate of drug-likeness (QED) is 0.739. The Labute approximate surface area is 169 Å². The molecule has 1 saturated heterocycles. The fraction of sp³-hybridized carbons (Fsp3) is 0.409. The highest BCUT2D eigenvalue weighted by Gasteiger charge is 2.28. The molecular formula is C22H25N5O2. The number of aromatic nitrogens is 3. The Bertz CT molecular complexity index is 1020. The summed E-state index contributed by atoms with van der Waals surface area (Å²) in [7, 11) is 0. The minimum absolute atomic E-state index is 0.0452. The lowest BCUT2D eigenvalue weighted by molar-refractivity contribution is -0.134. The van der Waals surface area contributed by atoms with E-state index in [1.54, 1.807) is 0 Å². The van der Waals surface area contributed by atoms with Gasteiger partial charge in [-0.3, -0.25) is 4.79 Å². The Hall–Kier alpha value is -2.93. The van der Waals surface area contributed by atoms with Crippen molar-refractivity contribution >= 4 is 16.7 Å². The van der Waals surface area contributed by atoms with E-state index in [4.69, 9.17) is 4.74 Å². The number of carbonyl (C=O) groups excluding carboxylic acids is 1. The second kappa shape index (κ2) is 7.83. The van der Waals surface area contributed by atoms with Crippen molar-refractivity contribution < 1.29 is 9.53 Å². The minimum atomic E-state index is 0.0452. The molecule has 0 aliphatic carbocycles. The SMILES string of the molecule is O=C(COc1cccc2ccccc12)N1CCC(c2nnc3n2CCNC3)CC1. The zero-order chi connectivity index (χ0) is 19.6. The molecule has 2 aliphatic heterocycles. The minimum Gasteiger partial charge on any atom is -0.483 e. The number of nitrogens with zero attached hydrogens (tertiary/aromatic N) is 4. The van der Waals surface area contributed by atoms with E-state index in [9.17, 15) is 4.79 Å². The lowest BCUT2D eigenvalue weighted by Crippen LogP contribution is -2.41. The molecule has 2 aromatic carbocycles. The summed E-state index contributed by atoms with van der Waals surface area (Å²) < 4.78 is 8.14. The Balaban J connectivity index is 1.19. The van der Waals surface area contributed by atoms with Gasteiger partial charge in [0.15, 0.2) is 6.61 Å². The lowest BCUT2D eigenvalue weighted by Gasteiger charge is -2.32. The van der Waals surface area contributed by atoms with Gasteiger partial charge in [-0.05, 0) is 24.3 Å². The van der Waals surface area contributed by atoms with Crippen LogP contribution in [0.3, 0.4) is 0 Å². The third-order valence-corrected chi connectivity index (χ3v) is 5.96. The molecule has 7 heteroatoms. The average Bonchev–Trinajstić information content (AvgIpc) is 3.22. The van der Waals surface area contributed by atoms with Gasteiger partial charge in [0, 0.05) is 37.5 Å². The number of amides is 1. The molecule has 7 nitrogen and oxygen atoms in total. The summed E-state index contributed by atoms with van der Waals surface area (Å²) in [6.07, 6.45) is 1.84. The molecule has 1 aromatic heterocycles. The number of ether oxygens (including phenoxy) is 1. The van der Waals surface area contributed by atoms with Gasteiger partial charge in [-0.2, -0.15) is 0 Å². The van der Waals surface area contributed by atoms with Crippen molar-refractivity contribution in [2.45, 2.75) is 31.8 Å².